The maximum atomic E-state index is 10.2. The highest BCUT2D eigenvalue weighted by molar-refractivity contribution is 5.37. The Bertz CT molecular complexity index is 280. The summed E-state index contributed by atoms with van der Waals surface area (Å²) in [5.41, 5.74) is 1.24. The molecule has 1 rings (SSSR count). The van der Waals surface area contributed by atoms with Crippen LogP contribution in [0.15, 0.2) is 30.3 Å². The Hall–Kier alpha value is -1.31. The molecule has 0 aliphatic rings. The molecule has 0 aliphatic heterocycles. The van der Waals surface area contributed by atoms with Crippen molar-refractivity contribution in [1.29, 1.82) is 0 Å². The smallest absolute Gasteiger partial charge is 0.293 e. The van der Waals surface area contributed by atoms with E-state index < -0.39 is 0 Å². The van der Waals surface area contributed by atoms with E-state index in [4.69, 9.17) is 4.74 Å². The van der Waals surface area contributed by atoms with Gasteiger partial charge in [0.15, 0.2) is 0 Å². The van der Waals surface area contributed by atoms with E-state index in [0.717, 1.165) is 6.42 Å². The third kappa shape index (κ3) is 4.15. The van der Waals surface area contributed by atoms with E-state index in [9.17, 15) is 4.79 Å². The van der Waals surface area contributed by atoms with Crippen molar-refractivity contribution in [3.05, 3.63) is 35.9 Å². The second-order valence-corrected chi connectivity index (χ2v) is 4.17. The van der Waals surface area contributed by atoms with Crippen molar-refractivity contribution in [1.82, 2.24) is 0 Å². The van der Waals surface area contributed by atoms with Gasteiger partial charge in [0.2, 0.25) is 0 Å². The normalized spacial score (nSPS) is 12.5. The molecule has 0 heterocycles. The lowest BCUT2D eigenvalue weighted by atomic mass is 9.91. The van der Waals surface area contributed by atoms with Gasteiger partial charge >= 0.3 is 0 Å². The van der Waals surface area contributed by atoms with Gasteiger partial charge in [-0.3, -0.25) is 4.79 Å². The predicted octanol–water partition coefficient (Wildman–Crippen LogP) is 2.99. The molecule has 1 aromatic rings. The zero-order valence-electron chi connectivity index (χ0n) is 9.35. The van der Waals surface area contributed by atoms with Crippen molar-refractivity contribution in [3.63, 3.8) is 0 Å². The molecule has 15 heavy (non-hydrogen) atoms. The Morgan fingerprint density at radius 2 is 1.93 bits per heavy atom. The molecule has 1 aromatic carbocycles. The van der Waals surface area contributed by atoms with Gasteiger partial charge in [0.1, 0.15) is 0 Å². The van der Waals surface area contributed by atoms with Crippen LogP contribution in [0, 0.1) is 5.92 Å². The number of carbonyl (C=O) groups is 1. The number of ether oxygens (including phenoxy) is 1. The predicted molar refractivity (Wildman–Crippen MR) is 60.7 cm³/mol. The minimum atomic E-state index is 0.316. The van der Waals surface area contributed by atoms with Gasteiger partial charge in [0.05, 0.1) is 6.61 Å². The van der Waals surface area contributed by atoms with Gasteiger partial charge in [-0.1, -0.05) is 44.2 Å². The van der Waals surface area contributed by atoms with E-state index in [-0.39, 0.29) is 0 Å². The first-order valence-corrected chi connectivity index (χ1v) is 5.34. The first-order chi connectivity index (χ1) is 7.24. The Labute approximate surface area is 91.3 Å². The monoisotopic (exact) mass is 206 g/mol. The average molecular weight is 206 g/mol. The first kappa shape index (κ1) is 11.8. The van der Waals surface area contributed by atoms with E-state index in [1.54, 1.807) is 0 Å². The van der Waals surface area contributed by atoms with E-state index in [1.165, 1.54) is 5.56 Å². The van der Waals surface area contributed by atoms with Crippen molar-refractivity contribution in [3.8, 4) is 0 Å². The van der Waals surface area contributed by atoms with Crippen LogP contribution in [0.3, 0.4) is 0 Å². The maximum Gasteiger partial charge on any atom is 0.293 e. The summed E-state index contributed by atoms with van der Waals surface area (Å²) in [4.78, 5) is 10.2. The molecule has 0 amide bonds. The van der Waals surface area contributed by atoms with Gasteiger partial charge in [0.25, 0.3) is 6.47 Å². The van der Waals surface area contributed by atoms with Crippen LogP contribution in [0.2, 0.25) is 0 Å². The summed E-state index contributed by atoms with van der Waals surface area (Å²) >= 11 is 0. The molecule has 0 N–H and O–H groups in total. The lowest BCUT2D eigenvalue weighted by molar-refractivity contribution is -0.129. The fourth-order valence-corrected chi connectivity index (χ4v) is 1.75. The molecule has 0 fully saturated rings. The summed E-state index contributed by atoms with van der Waals surface area (Å²) in [5, 5.41) is 0. The zero-order valence-corrected chi connectivity index (χ0v) is 9.35. The van der Waals surface area contributed by atoms with Crippen LogP contribution < -0.4 is 0 Å². The average Bonchev–Trinajstić information content (AvgIpc) is 2.25. The van der Waals surface area contributed by atoms with Gasteiger partial charge < -0.3 is 4.74 Å². The summed E-state index contributed by atoms with van der Waals surface area (Å²) in [6, 6.07) is 10.2. The third-order valence-electron chi connectivity index (χ3n) is 2.39. The van der Waals surface area contributed by atoms with E-state index in [0.29, 0.717) is 24.9 Å². The third-order valence-corrected chi connectivity index (χ3v) is 2.39. The Kier molecular flexibility index (Phi) is 4.88. The molecule has 0 spiro atoms. The Balaban J connectivity index is 2.67. The first-order valence-electron chi connectivity index (χ1n) is 5.34. The van der Waals surface area contributed by atoms with Crippen LogP contribution in [0.4, 0.5) is 0 Å². The number of rotatable bonds is 6. The van der Waals surface area contributed by atoms with E-state index in [2.05, 4.69) is 26.0 Å². The lowest BCUT2D eigenvalue weighted by Crippen LogP contribution is -2.10. The molecule has 1 atom stereocenters. The lowest BCUT2D eigenvalue weighted by Gasteiger charge is -2.18. The molecule has 0 bridgehead atoms. The van der Waals surface area contributed by atoms with Crippen molar-refractivity contribution in [2.75, 3.05) is 6.61 Å². The zero-order chi connectivity index (χ0) is 11.1. The minimum Gasteiger partial charge on any atom is -0.467 e. The van der Waals surface area contributed by atoms with Crippen LogP contribution in [-0.4, -0.2) is 13.1 Å². The molecule has 0 aromatic heterocycles. The van der Waals surface area contributed by atoms with Crippen LogP contribution in [0.5, 0.6) is 0 Å². The molecule has 1 unspecified atom stereocenters. The summed E-state index contributed by atoms with van der Waals surface area (Å²) in [6.45, 7) is 5.36. The Morgan fingerprint density at radius 1 is 1.27 bits per heavy atom. The SMILES string of the molecule is CC(C)CC(COC=O)c1ccccc1. The highest BCUT2D eigenvalue weighted by atomic mass is 16.5. The summed E-state index contributed by atoms with van der Waals surface area (Å²) in [6.07, 6.45) is 1.04. The largest absolute Gasteiger partial charge is 0.467 e. The molecular formula is C13H18O2. The van der Waals surface area contributed by atoms with Crippen LogP contribution >= 0.6 is 0 Å². The highest BCUT2D eigenvalue weighted by Crippen LogP contribution is 2.23. The van der Waals surface area contributed by atoms with Gasteiger partial charge in [-0.05, 0) is 17.9 Å². The standard InChI is InChI=1S/C13H18O2/c1-11(2)8-13(9-15-10-14)12-6-4-3-5-7-12/h3-7,10-11,13H,8-9H2,1-2H3. The van der Waals surface area contributed by atoms with Crippen molar-refractivity contribution in [2.24, 2.45) is 5.92 Å². The van der Waals surface area contributed by atoms with Crippen LogP contribution in [0.25, 0.3) is 0 Å². The molecule has 0 saturated carbocycles. The second kappa shape index (κ2) is 6.23. The quantitative estimate of drug-likeness (QED) is 0.669. The molecular weight excluding hydrogens is 188 g/mol. The number of benzene rings is 1. The Morgan fingerprint density at radius 3 is 2.47 bits per heavy atom. The molecule has 2 nitrogen and oxygen atoms in total. The van der Waals surface area contributed by atoms with E-state index >= 15 is 0 Å². The second-order valence-electron chi connectivity index (χ2n) is 4.17. The molecule has 82 valence electrons. The summed E-state index contributed by atoms with van der Waals surface area (Å²) < 4.78 is 4.87. The van der Waals surface area contributed by atoms with Gasteiger partial charge in [-0.2, -0.15) is 0 Å². The van der Waals surface area contributed by atoms with Crippen LogP contribution in [0.1, 0.15) is 31.7 Å². The fraction of sp³-hybridized carbons (Fsp3) is 0.462. The summed E-state index contributed by atoms with van der Waals surface area (Å²) in [7, 11) is 0. The van der Waals surface area contributed by atoms with Crippen LogP contribution in [-0.2, 0) is 9.53 Å². The molecule has 0 radical (unpaired) electrons. The van der Waals surface area contributed by atoms with Crippen molar-refractivity contribution < 1.29 is 9.53 Å². The molecule has 0 aliphatic carbocycles. The van der Waals surface area contributed by atoms with Gasteiger partial charge in [-0.15, -0.1) is 0 Å². The summed E-state index contributed by atoms with van der Waals surface area (Å²) in [5.74, 6) is 0.918. The molecule has 2 heteroatoms. The number of hydrogen-bond donors (Lipinski definition) is 0. The molecule has 0 saturated heterocycles. The minimum absolute atomic E-state index is 0.316. The van der Waals surface area contributed by atoms with Crippen molar-refractivity contribution >= 4 is 6.47 Å². The van der Waals surface area contributed by atoms with Crippen molar-refractivity contribution in [2.45, 2.75) is 26.2 Å². The fourth-order valence-electron chi connectivity index (χ4n) is 1.75. The maximum absolute atomic E-state index is 10.2. The van der Waals surface area contributed by atoms with Gasteiger partial charge in [0, 0.05) is 5.92 Å². The number of carbonyl (C=O) groups excluding carboxylic acids is 1. The van der Waals surface area contributed by atoms with E-state index in [1.807, 2.05) is 18.2 Å². The van der Waals surface area contributed by atoms with Gasteiger partial charge in [-0.25, -0.2) is 0 Å². The number of hydrogen-bond acceptors (Lipinski definition) is 2. The highest BCUT2D eigenvalue weighted by Gasteiger charge is 2.13. The topological polar surface area (TPSA) is 26.3 Å².